The second-order valence-corrected chi connectivity index (χ2v) is 10.1. The van der Waals surface area contributed by atoms with Crippen LogP contribution in [-0.4, -0.2) is 16.8 Å². The Morgan fingerprint density at radius 3 is 2.03 bits per heavy atom. The Hall–Kier alpha value is -1.90. The second-order valence-electron chi connectivity index (χ2n) is 10.1. The average Bonchev–Trinajstić information content (AvgIpc) is 2.86. The van der Waals surface area contributed by atoms with Gasteiger partial charge in [0.25, 0.3) is 0 Å². The standard InChI is InChI=1S/C30H46N2O/c1-3-5-7-8-10-24-33-29-21-17-27(18-22-29)30-23-20-28(31-32-30)19-16-26-14-12-25(13-15-26)11-9-6-4-2/h17-18,20-23,25-26H,3-16,19,24H2,1-2H3. The number of nitrogens with zero attached hydrogens (tertiary/aromatic N) is 2. The van der Waals surface area contributed by atoms with E-state index in [0.717, 1.165) is 54.0 Å². The van der Waals surface area contributed by atoms with Crippen molar-refractivity contribution in [1.29, 1.82) is 0 Å². The summed E-state index contributed by atoms with van der Waals surface area (Å²) in [5.74, 6) is 2.82. The molecule has 3 nitrogen and oxygen atoms in total. The highest BCUT2D eigenvalue weighted by atomic mass is 16.5. The molecule has 1 aromatic carbocycles. The predicted octanol–water partition coefficient (Wildman–Crippen LogP) is 8.81. The van der Waals surface area contributed by atoms with Gasteiger partial charge >= 0.3 is 0 Å². The SMILES string of the molecule is CCCCCCCOc1ccc(-c2ccc(CCC3CCC(CCCCC)CC3)nn2)cc1. The summed E-state index contributed by atoms with van der Waals surface area (Å²) in [6, 6.07) is 12.6. The Morgan fingerprint density at radius 2 is 1.36 bits per heavy atom. The molecule has 0 bridgehead atoms. The quantitative estimate of drug-likeness (QED) is 0.254. The van der Waals surface area contributed by atoms with Crippen LogP contribution in [0.4, 0.5) is 0 Å². The molecule has 0 amide bonds. The van der Waals surface area contributed by atoms with Crippen molar-refractivity contribution >= 4 is 0 Å². The van der Waals surface area contributed by atoms with Crippen LogP contribution in [0.15, 0.2) is 36.4 Å². The molecule has 0 saturated heterocycles. The number of unbranched alkanes of at least 4 members (excludes halogenated alkanes) is 6. The zero-order chi connectivity index (χ0) is 23.1. The molecule has 2 aromatic rings. The van der Waals surface area contributed by atoms with Gasteiger partial charge in [0.1, 0.15) is 5.75 Å². The van der Waals surface area contributed by atoms with Crippen LogP contribution in [0, 0.1) is 11.8 Å². The van der Waals surface area contributed by atoms with E-state index in [1.54, 1.807) is 0 Å². The van der Waals surface area contributed by atoms with Gasteiger partial charge in [-0.1, -0.05) is 90.9 Å². The van der Waals surface area contributed by atoms with Gasteiger partial charge in [-0.25, -0.2) is 0 Å². The average molecular weight is 451 g/mol. The van der Waals surface area contributed by atoms with E-state index in [2.05, 4.69) is 60.4 Å². The maximum Gasteiger partial charge on any atom is 0.119 e. The molecule has 0 spiro atoms. The molecule has 1 aromatic heterocycles. The zero-order valence-electron chi connectivity index (χ0n) is 21.2. The molecule has 1 heterocycles. The van der Waals surface area contributed by atoms with Gasteiger partial charge in [-0.2, -0.15) is 10.2 Å². The Balaban J connectivity index is 1.36. The van der Waals surface area contributed by atoms with Crippen LogP contribution in [0.3, 0.4) is 0 Å². The van der Waals surface area contributed by atoms with E-state index < -0.39 is 0 Å². The third-order valence-electron chi connectivity index (χ3n) is 7.38. The lowest BCUT2D eigenvalue weighted by atomic mass is 9.78. The van der Waals surface area contributed by atoms with Gasteiger partial charge in [-0.15, -0.1) is 0 Å². The van der Waals surface area contributed by atoms with Crippen LogP contribution < -0.4 is 4.74 Å². The molecule has 0 radical (unpaired) electrons. The first-order valence-electron chi connectivity index (χ1n) is 13.8. The molecule has 1 aliphatic carbocycles. The molecule has 1 aliphatic rings. The molecule has 1 fully saturated rings. The fraction of sp³-hybridized carbons (Fsp3) is 0.667. The summed E-state index contributed by atoms with van der Waals surface area (Å²) in [6.07, 6.45) is 20.0. The first kappa shape index (κ1) is 25.7. The number of ether oxygens (including phenoxy) is 1. The van der Waals surface area contributed by atoms with Crippen molar-refractivity contribution in [3.8, 4) is 17.0 Å². The minimum Gasteiger partial charge on any atom is -0.494 e. The Kier molecular flexibility index (Phi) is 11.8. The Bertz CT molecular complexity index is 748. The number of rotatable bonds is 15. The van der Waals surface area contributed by atoms with Gasteiger partial charge in [-0.05, 0) is 67.5 Å². The van der Waals surface area contributed by atoms with Gasteiger partial charge in [0.2, 0.25) is 0 Å². The summed E-state index contributed by atoms with van der Waals surface area (Å²) < 4.78 is 5.88. The third kappa shape index (κ3) is 9.47. The topological polar surface area (TPSA) is 35.0 Å². The lowest BCUT2D eigenvalue weighted by molar-refractivity contribution is 0.248. The molecule has 182 valence electrons. The van der Waals surface area contributed by atoms with Gasteiger partial charge in [-0.3, -0.25) is 0 Å². The first-order chi connectivity index (χ1) is 16.3. The van der Waals surface area contributed by atoms with Crippen LogP contribution in [-0.2, 0) is 6.42 Å². The Morgan fingerprint density at radius 1 is 0.697 bits per heavy atom. The van der Waals surface area contributed by atoms with Gasteiger partial charge < -0.3 is 4.74 Å². The van der Waals surface area contributed by atoms with Crippen molar-refractivity contribution in [2.45, 2.75) is 110 Å². The predicted molar refractivity (Wildman–Crippen MR) is 140 cm³/mol. The minimum absolute atomic E-state index is 0.804. The molecule has 1 saturated carbocycles. The van der Waals surface area contributed by atoms with Gasteiger partial charge in [0.05, 0.1) is 18.0 Å². The number of hydrogen-bond donors (Lipinski definition) is 0. The van der Waals surface area contributed by atoms with E-state index in [9.17, 15) is 0 Å². The summed E-state index contributed by atoms with van der Waals surface area (Å²) >= 11 is 0. The molecule has 3 rings (SSSR count). The zero-order valence-corrected chi connectivity index (χ0v) is 21.2. The number of benzene rings is 1. The van der Waals surface area contributed by atoms with Crippen LogP contribution in [0.5, 0.6) is 5.75 Å². The summed E-state index contributed by atoms with van der Waals surface area (Å²) in [5, 5.41) is 9.04. The Labute approximate surface area is 202 Å². The lowest BCUT2D eigenvalue weighted by Gasteiger charge is -2.28. The second kappa shape index (κ2) is 15.1. The van der Waals surface area contributed by atoms with Crippen molar-refractivity contribution in [3.63, 3.8) is 0 Å². The summed E-state index contributed by atoms with van der Waals surface area (Å²) in [4.78, 5) is 0. The molecule has 33 heavy (non-hydrogen) atoms. The summed E-state index contributed by atoms with van der Waals surface area (Å²) in [6.45, 7) is 5.35. The van der Waals surface area contributed by atoms with Crippen molar-refractivity contribution in [2.24, 2.45) is 11.8 Å². The highest BCUT2D eigenvalue weighted by Crippen LogP contribution is 2.34. The molecular formula is C30H46N2O. The molecular weight excluding hydrogens is 404 g/mol. The largest absolute Gasteiger partial charge is 0.494 e. The van der Waals surface area contributed by atoms with E-state index in [-0.39, 0.29) is 0 Å². The van der Waals surface area contributed by atoms with E-state index in [1.807, 2.05) is 0 Å². The van der Waals surface area contributed by atoms with Crippen molar-refractivity contribution in [3.05, 3.63) is 42.1 Å². The molecule has 0 N–H and O–H groups in total. The monoisotopic (exact) mass is 450 g/mol. The van der Waals surface area contributed by atoms with Crippen LogP contribution >= 0.6 is 0 Å². The van der Waals surface area contributed by atoms with E-state index >= 15 is 0 Å². The highest BCUT2D eigenvalue weighted by Gasteiger charge is 2.20. The van der Waals surface area contributed by atoms with Crippen LogP contribution in [0.25, 0.3) is 11.3 Å². The minimum atomic E-state index is 0.804. The summed E-state index contributed by atoms with van der Waals surface area (Å²) in [5.41, 5.74) is 3.18. The number of aryl methyl sites for hydroxylation is 1. The normalized spacial score (nSPS) is 18.4. The fourth-order valence-corrected chi connectivity index (χ4v) is 5.11. The van der Waals surface area contributed by atoms with Gasteiger partial charge in [0.15, 0.2) is 0 Å². The molecule has 0 atom stereocenters. The summed E-state index contributed by atoms with van der Waals surface area (Å²) in [7, 11) is 0. The molecule has 3 heteroatoms. The van der Waals surface area contributed by atoms with Gasteiger partial charge in [0, 0.05) is 5.56 Å². The van der Waals surface area contributed by atoms with Crippen LogP contribution in [0.1, 0.15) is 109 Å². The first-order valence-corrected chi connectivity index (χ1v) is 13.8. The van der Waals surface area contributed by atoms with Crippen LogP contribution in [0.2, 0.25) is 0 Å². The van der Waals surface area contributed by atoms with Crippen molar-refractivity contribution in [1.82, 2.24) is 10.2 Å². The molecule has 0 aliphatic heterocycles. The van der Waals surface area contributed by atoms with Crippen molar-refractivity contribution < 1.29 is 4.74 Å². The van der Waals surface area contributed by atoms with E-state index in [4.69, 9.17) is 4.74 Å². The van der Waals surface area contributed by atoms with E-state index in [1.165, 1.54) is 83.5 Å². The number of hydrogen-bond acceptors (Lipinski definition) is 3. The van der Waals surface area contributed by atoms with Crippen molar-refractivity contribution in [2.75, 3.05) is 6.61 Å². The lowest BCUT2D eigenvalue weighted by Crippen LogP contribution is -2.15. The number of aromatic nitrogens is 2. The fourth-order valence-electron chi connectivity index (χ4n) is 5.11. The maximum atomic E-state index is 5.88. The highest BCUT2D eigenvalue weighted by molar-refractivity contribution is 5.59. The van der Waals surface area contributed by atoms with E-state index in [0.29, 0.717) is 0 Å². The third-order valence-corrected chi connectivity index (χ3v) is 7.38. The smallest absolute Gasteiger partial charge is 0.119 e. The molecule has 0 unspecified atom stereocenters. The maximum absolute atomic E-state index is 5.88.